The first-order valence-electron chi connectivity index (χ1n) is 12.0. The number of methoxy groups -OCH3 is 1. The molecule has 3 atom stereocenters. The van der Waals surface area contributed by atoms with E-state index in [4.69, 9.17) is 31.1 Å². The molecule has 3 aromatic carbocycles. The predicted octanol–water partition coefficient (Wildman–Crippen LogP) is 6.99. The van der Waals surface area contributed by atoms with Gasteiger partial charge in [0.05, 0.1) is 43.6 Å². The highest BCUT2D eigenvalue weighted by Gasteiger charge is 2.59. The summed E-state index contributed by atoms with van der Waals surface area (Å²) in [7, 11) is -2.00. The second kappa shape index (κ2) is 11.5. The Morgan fingerprint density at radius 3 is 2.03 bits per heavy atom. The lowest BCUT2D eigenvalue weighted by Crippen LogP contribution is -2.35. The van der Waals surface area contributed by atoms with Crippen molar-refractivity contribution in [3.63, 3.8) is 0 Å². The molecule has 0 amide bonds. The topological polar surface area (TPSA) is 60.4 Å². The number of hydrazone groups is 1. The summed E-state index contributed by atoms with van der Waals surface area (Å²) in [5.41, 5.74) is 1.57. The first-order chi connectivity index (χ1) is 17.4. The molecular formula is C27H32N2O4P2S. The highest BCUT2D eigenvalue weighted by atomic mass is 32.7. The average Bonchev–Trinajstić information content (AvgIpc) is 3.17. The van der Waals surface area contributed by atoms with Gasteiger partial charge in [0.2, 0.25) is 0 Å². The SMILES string of the molecule is CCOP(=O)(OCC)C(c1ccccc1)C1C(C)=NN(c2ccccc2)[P+]1([S-])c1ccc(OC)cc1. The van der Waals surface area contributed by atoms with Crippen LogP contribution in [-0.4, -0.2) is 31.7 Å². The third-order valence-electron chi connectivity index (χ3n) is 6.17. The summed E-state index contributed by atoms with van der Waals surface area (Å²) in [4.78, 5) is 0. The Labute approximate surface area is 219 Å². The van der Waals surface area contributed by atoms with E-state index in [9.17, 15) is 4.57 Å². The summed E-state index contributed by atoms with van der Waals surface area (Å²) in [5, 5.41) is 5.98. The van der Waals surface area contributed by atoms with Crippen LogP contribution in [0.1, 0.15) is 32.0 Å². The average molecular weight is 543 g/mol. The van der Waals surface area contributed by atoms with Gasteiger partial charge in [-0.25, -0.2) is 0 Å². The second-order valence-corrected chi connectivity index (χ2v) is 14.9. The van der Waals surface area contributed by atoms with Crippen molar-refractivity contribution in [3.8, 4) is 5.75 Å². The summed E-state index contributed by atoms with van der Waals surface area (Å²) in [6.45, 7) is 3.41. The molecule has 1 aliphatic rings. The molecule has 0 saturated carbocycles. The number of benzene rings is 3. The number of hydrogen-bond acceptors (Lipinski definition) is 7. The van der Waals surface area contributed by atoms with E-state index in [-0.39, 0.29) is 18.9 Å². The van der Waals surface area contributed by atoms with Crippen molar-refractivity contribution in [2.24, 2.45) is 5.10 Å². The second-order valence-electron chi connectivity index (χ2n) is 8.36. The minimum Gasteiger partial charge on any atom is -0.524 e. The third kappa shape index (κ3) is 5.01. The third-order valence-corrected chi connectivity index (χ3v) is 14.0. The minimum absolute atomic E-state index is 0.261. The van der Waals surface area contributed by atoms with Gasteiger partial charge in [0.25, 0.3) is 0 Å². The number of rotatable bonds is 10. The summed E-state index contributed by atoms with van der Waals surface area (Å²) < 4.78 is 33.9. The van der Waals surface area contributed by atoms with Gasteiger partial charge in [0.15, 0.2) is 0 Å². The maximum Gasteiger partial charge on any atom is 0.342 e. The molecule has 9 heteroatoms. The van der Waals surface area contributed by atoms with Crippen LogP contribution in [0.5, 0.6) is 5.75 Å². The molecule has 1 heterocycles. The number of anilines is 1. The van der Waals surface area contributed by atoms with Gasteiger partial charge < -0.3 is 26.0 Å². The molecule has 4 rings (SSSR count). The Kier molecular flexibility index (Phi) is 8.59. The molecule has 3 aromatic rings. The molecule has 0 aromatic heterocycles. The van der Waals surface area contributed by atoms with Gasteiger partial charge in [-0.2, -0.15) is 4.78 Å². The van der Waals surface area contributed by atoms with Crippen molar-refractivity contribution >= 4 is 43.2 Å². The van der Waals surface area contributed by atoms with E-state index in [2.05, 4.69) is 0 Å². The Morgan fingerprint density at radius 2 is 1.50 bits per heavy atom. The highest BCUT2D eigenvalue weighted by Crippen LogP contribution is 2.77. The Hall–Kier alpha value is -2.14. The standard InChI is InChI=1S/C27H32N2O4P2S/c1-5-32-35(30,33-6-2)27(22-13-9-7-10-14-22)26-21(3)28-29(23-15-11-8-12-16-23)34(26,36)25-19-17-24(31-4)18-20-25/h7-20,26-27H,5-6H2,1-4H3. The fourth-order valence-electron chi connectivity index (χ4n) is 4.67. The van der Waals surface area contributed by atoms with Gasteiger partial charge >= 0.3 is 7.60 Å². The van der Waals surface area contributed by atoms with Crippen LogP contribution in [0.2, 0.25) is 0 Å². The molecule has 36 heavy (non-hydrogen) atoms. The molecule has 0 aliphatic carbocycles. The van der Waals surface area contributed by atoms with E-state index in [0.29, 0.717) is 0 Å². The Balaban J connectivity index is 1.97. The van der Waals surface area contributed by atoms with E-state index in [1.54, 1.807) is 7.11 Å². The molecule has 3 unspecified atom stereocenters. The van der Waals surface area contributed by atoms with Crippen LogP contribution in [0.25, 0.3) is 0 Å². The number of ether oxygens (including phenoxy) is 1. The highest BCUT2D eigenvalue weighted by molar-refractivity contribution is 8.46. The van der Waals surface area contributed by atoms with Crippen molar-refractivity contribution in [2.75, 3.05) is 25.1 Å². The summed E-state index contributed by atoms with van der Waals surface area (Å²) >= 11 is 6.68. The molecule has 6 nitrogen and oxygen atoms in total. The first-order valence-corrected chi connectivity index (χ1v) is 16.4. The van der Waals surface area contributed by atoms with Crippen molar-refractivity contribution in [1.82, 2.24) is 0 Å². The van der Waals surface area contributed by atoms with Crippen molar-refractivity contribution < 1.29 is 18.3 Å². The molecule has 0 saturated heterocycles. The lowest BCUT2D eigenvalue weighted by molar-refractivity contribution is 0.212. The Morgan fingerprint density at radius 1 is 0.944 bits per heavy atom. The van der Waals surface area contributed by atoms with Crippen molar-refractivity contribution in [3.05, 3.63) is 90.5 Å². The van der Waals surface area contributed by atoms with Gasteiger partial charge in [-0.1, -0.05) is 48.5 Å². The normalized spacial score (nSPS) is 20.8. The van der Waals surface area contributed by atoms with Crippen LogP contribution < -0.4 is 14.8 Å². The quantitative estimate of drug-likeness (QED) is 0.203. The zero-order valence-electron chi connectivity index (χ0n) is 21.0. The molecular weight excluding hydrogens is 510 g/mol. The fraction of sp³-hybridized carbons (Fsp3) is 0.296. The van der Waals surface area contributed by atoms with Gasteiger partial charge in [-0.3, -0.25) is 4.57 Å². The maximum atomic E-state index is 14.5. The predicted molar refractivity (Wildman–Crippen MR) is 153 cm³/mol. The van der Waals surface area contributed by atoms with Crippen LogP contribution in [0.15, 0.2) is 90.0 Å². The van der Waals surface area contributed by atoms with Crippen LogP contribution in [-0.2, 0) is 25.9 Å². The molecule has 1 aliphatic heterocycles. The lowest BCUT2D eigenvalue weighted by Gasteiger charge is -2.43. The van der Waals surface area contributed by atoms with Crippen molar-refractivity contribution in [2.45, 2.75) is 32.1 Å². The maximum absolute atomic E-state index is 14.5. The largest absolute Gasteiger partial charge is 0.524 e. The Bertz CT molecular complexity index is 1220. The number of nitrogens with zero attached hydrogens (tertiary/aromatic N) is 2. The summed E-state index contributed by atoms with van der Waals surface area (Å²) in [5.74, 6) is 0.744. The number of hydrogen-bond donors (Lipinski definition) is 0. The molecule has 190 valence electrons. The molecule has 0 spiro atoms. The van der Waals surface area contributed by atoms with E-state index in [0.717, 1.165) is 28.0 Å². The van der Waals surface area contributed by atoms with Gasteiger partial charge in [-0.15, -0.1) is 5.10 Å². The van der Waals surface area contributed by atoms with Crippen molar-refractivity contribution in [1.29, 1.82) is 0 Å². The van der Waals surface area contributed by atoms with Crippen LogP contribution in [0.3, 0.4) is 0 Å². The molecule has 0 fully saturated rings. The van der Waals surface area contributed by atoms with E-state index >= 15 is 0 Å². The van der Waals surface area contributed by atoms with Crippen LogP contribution in [0.4, 0.5) is 5.69 Å². The summed E-state index contributed by atoms with van der Waals surface area (Å²) in [6.07, 6.45) is 0. The van der Waals surface area contributed by atoms with E-state index < -0.39 is 19.9 Å². The minimum atomic E-state index is -3.64. The lowest BCUT2D eigenvalue weighted by atomic mass is 10.1. The van der Waals surface area contributed by atoms with Gasteiger partial charge in [-0.05, 0) is 62.7 Å². The molecule has 0 N–H and O–H groups in total. The monoisotopic (exact) mass is 542 g/mol. The fourth-order valence-corrected chi connectivity index (χ4v) is 13.0. The van der Waals surface area contributed by atoms with E-state index in [1.807, 2.05) is 110 Å². The van der Waals surface area contributed by atoms with Gasteiger partial charge in [0.1, 0.15) is 17.1 Å². The number of para-hydroxylation sites is 1. The van der Waals surface area contributed by atoms with Crippen LogP contribution in [0, 0.1) is 0 Å². The zero-order chi connectivity index (χ0) is 25.8. The zero-order valence-corrected chi connectivity index (χ0v) is 23.6. The van der Waals surface area contributed by atoms with E-state index in [1.165, 1.54) is 0 Å². The first kappa shape index (κ1) is 26.9. The smallest absolute Gasteiger partial charge is 0.342 e. The van der Waals surface area contributed by atoms with Crippen LogP contribution >= 0.6 is 14.2 Å². The summed E-state index contributed by atoms with van der Waals surface area (Å²) in [6, 6.07) is 27.5. The molecule has 0 radical (unpaired) electrons. The van der Waals surface area contributed by atoms with Gasteiger partial charge in [0, 0.05) is 0 Å². The molecule has 0 bridgehead atoms.